The van der Waals surface area contributed by atoms with E-state index in [2.05, 4.69) is 22.8 Å². The Morgan fingerprint density at radius 3 is 2.41 bits per heavy atom. The van der Waals surface area contributed by atoms with E-state index in [0.717, 1.165) is 32.6 Å². The minimum atomic E-state index is -0.140. The Bertz CT molecular complexity index is 1090. The number of aromatic nitrogens is 1. The minimum Gasteiger partial charge on any atom is -0.322 e. The van der Waals surface area contributed by atoms with Gasteiger partial charge in [0, 0.05) is 33.0 Å². The maximum Gasteiger partial charge on any atom is 0.255 e. The fraction of sp³-hybridized carbons (Fsp3) is 0.0435. The van der Waals surface area contributed by atoms with E-state index >= 15 is 0 Å². The maximum absolute atomic E-state index is 12.4. The molecular weight excluding hydrogens is 420 g/mol. The predicted molar refractivity (Wildman–Crippen MR) is 123 cm³/mol. The zero-order chi connectivity index (χ0) is 20.1. The Labute approximate surface area is 182 Å². The molecule has 3 aromatic carbocycles. The van der Waals surface area contributed by atoms with Gasteiger partial charge < -0.3 is 5.32 Å². The van der Waals surface area contributed by atoms with Crippen LogP contribution in [-0.4, -0.2) is 10.9 Å². The second-order valence-corrected chi connectivity index (χ2v) is 8.83. The van der Waals surface area contributed by atoms with E-state index in [-0.39, 0.29) is 5.91 Å². The van der Waals surface area contributed by atoms with Gasteiger partial charge in [-0.1, -0.05) is 65.8 Å². The molecule has 0 fully saturated rings. The van der Waals surface area contributed by atoms with Crippen molar-refractivity contribution in [2.75, 3.05) is 5.32 Å². The number of carbonyl (C=O) groups is 1. The van der Waals surface area contributed by atoms with Gasteiger partial charge in [0.15, 0.2) is 4.34 Å². The first-order chi connectivity index (χ1) is 14.2. The number of benzene rings is 3. The van der Waals surface area contributed by atoms with Gasteiger partial charge in [-0.15, -0.1) is 11.3 Å². The highest BCUT2D eigenvalue weighted by atomic mass is 35.5. The van der Waals surface area contributed by atoms with Crippen LogP contribution in [0.15, 0.2) is 88.6 Å². The summed E-state index contributed by atoms with van der Waals surface area (Å²) in [5, 5.41) is 5.59. The Hall–Kier alpha value is -2.60. The van der Waals surface area contributed by atoms with E-state index in [1.807, 2.05) is 42.5 Å². The van der Waals surface area contributed by atoms with Gasteiger partial charge in [-0.05, 0) is 42.0 Å². The number of halogens is 1. The molecule has 6 heteroatoms. The highest BCUT2D eigenvalue weighted by molar-refractivity contribution is 8.00. The second kappa shape index (κ2) is 9.27. The van der Waals surface area contributed by atoms with Crippen LogP contribution in [0.4, 0.5) is 5.69 Å². The summed E-state index contributed by atoms with van der Waals surface area (Å²) in [7, 11) is 0. The molecule has 144 valence electrons. The maximum atomic E-state index is 12.4. The van der Waals surface area contributed by atoms with E-state index in [4.69, 9.17) is 16.6 Å². The van der Waals surface area contributed by atoms with Crippen molar-refractivity contribution in [3.8, 4) is 11.3 Å². The SMILES string of the molecule is O=C(Nc1ccc(Cl)cc1)c1ccc(CSc2nc(-c3ccccc3)cs2)cc1. The minimum absolute atomic E-state index is 0.140. The summed E-state index contributed by atoms with van der Waals surface area (Å²) in [6.45, 7) is 0. The molecule has 0 unspecified atom stereocenters. The van der Waals surface area contributed by atoms with Gasteiger partial charge in [0.2, 0.25) is 0 Å². The van der Waals surface area contributed by atoms with Gasteiger partial charge in [0.05, 0.1) is 5.69 Å². The number of anilines is 1. The molecule has 0 radical (unpaired) electrons. The first-order valence-electron chi connectivity index (χ1n) is 8.97. The molecule has 4 rings (SSSR count). The Morgan fingerprint density at radius 1 is 0.966 bits per heavy atom. The third-order valence-corrected chi connectivity index (χ3v) is 6.58. The first kappa shape index (κ1) is 19.7. The van der Waals surface area contributed by atoms with Gasteiger partial charge in [-0.3, -0.25) is 4.79 Å². The van der Waals surface area contributed by atoms with Gasteiger partial charge in [-0.25, -0.2) is 4.98 Å². The Balaban J connectivity index is 1.34. The van der Waals surface area contributed by atoms with E-state index < -0.39 is 0 Å². The van der Waals surface area contributed by atoms with Crippen LogP contribution >= 0.6 is 34.7 Å². The van der Waals surface area contributed by atoms with Crippen LogP contribution in [0.5, 0.6) is 0 Å². The predicted octanol–water partition coefficient (Wildman–Crippen LogP) is 7.01. The lowest BCUT2D eigenvalue weighted by atomic mass is 10.1. The van der Waals surface area contributed by atoms with Crippen molar-refractivity contribution in [1.29, 1.82) is 0 Å². The first-order valence-corrected chi connectivity index (χ1v) is 11.2. The standard InChI is InChI=1S/C23H17ClN2OS2/c24-19-10-12-20(13-11-19)25-22(27)18-8-6-16(7-9-18)14-28-23-26-21(15-29-23)17-4-2-1-3-5-17/h1-13,15H,14H2,(H,25,27). The molecule has 0 bridgehead atoms. The lowest BCUT2D eigenvalue weighted by molar-refractivity contribution is 0.102. The van der Waals surface area contributed by atoms with E-state index in [9.17, 15) is 4.79 Å². The van der Waals surface area contributed by atoms with E-state index in [0.29, 0.717) is 10.6 Å². The zero-order valence-electron chi connectivity index (χ0n) is 15.3. The molecule has 0 aliphatic rings. The molecule has 1 N–H and O–H groups in total. The number of hydrogen-bond acceptors (Lipinski definition) is 4. The van der Waals surface area contributed by atoms with Crippen LogP contribution in [-0.2, 0) is 5.75 Å². The van der Waals surface area contributed by atoms with Crippen molar-refractivity contribution in [3.05, 3.63) is 100 Å². The molecule has 1 aromatic heterocycles. The summed E-state index contributed by atoms with van der Waals surface area (Å²) >= 11 is 9.22. The summed E-state index contributed by atoms with van der Waals surface area (Å²) in [4.78, 5) is 17.1. The summed E-state index contributed by atoms with van der Waals surface area (Å²) in [5.41, 5.74) is 4.62. The van der Waals surface area contributed by atoms with Crippen LogP contribution in [0, 0.1) is 0 Å². The summed E-state index contributed by atoms with van der Waals surface area (Å²) in [5.74, 6) is 0.667. The molecule has 0 saturated carbocycles. The van der Waals surface area contributed by atoms with Gasteiger partial charge >= 0.3 is 0 Å². The van der Waals surface area contributed by atoms with Crippen molar-refractivity contribution >= 4 is 46.3 Å². The number of rotatable bonds is 6. The zero-order valence-corrected chi connectivity index (χ0v) is 17.7. The van der Waals surface area contributed by atoms with Crippen molar-refractivity contribution in [2.24, 2.45) is 0 Å². The van der Waals surface area contributed by atoms with Gasteiger partial charge in [0.1, 0.15) is 0 Å². The highest BCUT2D eigenvalue weighted by Crippen LogP contribution is 2.30. The van der Waals surface area contributed by atoms with Crippen LogP contribution in [0.1, 0.15) is 15.9 Å². The molecule has 0 saturated heterocycles. The van der Waals surface area contributed by atoms with Crippen LogP contribution < -0.4 is 5.32 Å². The molecule has 3 nitrogen and oxygen atoms in total. The third-order valence-electron chi connectivity index (χ3n) is 4.23. The Morgan fingerprint density at radius 2 is 1.69 bits per heavy atom. The third kappa shape index (κ3) is 5.26. The fourth-order valence-electron chi connectivity index (χ4n) is 2.70. The van der Waals surface area contributed by atoms with Crippen molar-refractivity contribution in [1.82, 2.24) is 4.98 Å². The van der Waals surface area contributed by atoms with Crippen LogP contribution in [0.3, 0.4) is 0 Å². The topological polar surface area (TPSA) is 42.0 Å². The average molecular weight is 437 g/mol. The van der Waals surface area contributed by atoms with E-state index in [1.165, 1.54) is 0 Å². The normalized spacial score (nSPS) is 10.7. The van der Waals surface area contributed by atoms with Crippen LogP contribution in [0.25, 0.3) is 11.3 Å². The fourth-order valence-corrected chi connectivity index (χ4v) is 4.62. The number of amides is 1. The monoisotopic (exact) mass is 436 g/mol. The highest BCUT2D eigenvalue weighted by Gasteiger charge is 2.08. The van der Waals surface area contributed by atoms with Crippen molar-refractivity contribution < 1.29 is 4.79 Å². The second-order valence-electron chi connectivity index (χ2n) is 6.31. The smallest absolute Gasteiger partial charge is 0.255 e. The molecule has 1 heterocycles. The van der Waals surface area contributed by atoms with E-state index in [1.54, 1.807) is 47.4 Å². The summed E-state index contributed by atoms with van der Waals surface area (Å²) in [6.07, 6.45) is 0. The largest absolute Gasteiger partial charge is 0.322 e. The number of nitrogens with one attached hydrogen (secondary N) is 1. The lowest BCUT2D eigenvalue weighted by Gasteiger charge is -2.06. The van der Waals surface area contributed by atoms with Crippen LogP contribution in [0.2, 0.25) is 5.02 Å². The van der Waals surface area contributed by atoms with Crippen molar-refractivity contribution in [3.63, 3.8) is 0 Å². The molecule has 29 heavy (non-hydrogen) atoms. The van der Waals surface area contributed by atoms with Crippen molar-refractivity contribution in [2.45, 2.75) is 10.1 Å². The number of thiazole rings is 1. The average Bonchev–Trinajstić information content (AvgIpc) is 3.24. The Kier molecular flexibility index (Phi) is 6.30. The number of hydrogen-bond donors (Lipinski definition) is 1. The van der Waals surface area contributed by atoms with Gasteiger partial charge in [-0.2, -0.15) is 0 Å². The molecule has 0 atom stereocenters. The quantitative estimate of drug-likeness (QED) is 0.330. The summed E-state index contributed by atoms with van der Waals surface area (Å²) < 4.78 is 1.04. The lowest BCUT2D eigenvalue weighted by Crippen LogP contribution is -2.11. The molecule has 0 aliphatic carbocycles. The number of nitrogens with zero attached hydrogens (tertiary/aromatic N) is 1. The molecule has 1 amide bonds. The number of carbonyl (C=O) groups excluding carboxylic acids is 1. The number of thioether (sulfide) groups is 1. The molecule has 0 spiro atoms. The molecule has 4 aromatic rings. The molecular formula is C23H17ClN2OS2. The molecule has 0 aliphatic heterocycles. The summed E-state index contributed by atoms with van der Waals surface area (Å²) in [6, 6.07) is 24.9. The van der Waals surface area contributed by atoms with Gasteiger partial charge in [0.25, 0.3) is 5.91 Å².